The minimum Gasteiger partial charge on any atom is -0.497 e. The van der Waals surface area contributed by atoms with E-state index in [4.69, 9.17) is 9.47 Å². The Morgan fingerprint density at radius 1 is 1.20 bits per heavy atom. The summed E-state index contributed by atoms with van der Waals surface area (Å²) in [7, 11) is 3.40. The van der Waals surface area contributed by atoms with Gasteiger partial charge in [-0.05, 0) is 29.7 Å². The third kappa shape index (κ3) is 3.41. The van der Waals surface area contributed by atoms with Crippen LogP contribution in [0.15, 0.2) is 30.5 Å². The summed E-state index contributed by atoms with van der Waals surface area (Å²) in [6, 6.07) is 8.06. The van der Waals surface area contributed by atoms with E-state index in [0.29, 0.717) is 6.61 Å². The van der Waals surface area contributed by atoms with Crippen molar-refractivity contribution < 1.29 is 9.47 Å². The number of alkyl halides is 1. The van der Waals surface area contributed by atoms with Gasteiger partial charge in [0, 0.05) is 37.1 Å². The van der Waals surface area contributed by atoms with Crippen molar-refractivity contribution in [1.29, 1.82) is 0 Å². The monoisotopic (exact) mass is 338 g/mol. The number of halogens is 1. The first-order chi connectivity index (χ1) is 9.80. The van der Waals surface area contributed by atoms with Crippen molar-refractivity contribution in [3.05, 3.63) is 30.5 Å². The number of rotatable bonds is 7. The van der Waals surface area contributed by atoms with Crippen molar-refractivity contribution in [3.8, 4) is 5.75 Å². The number of fused-ring (bicyclic) bond motifs is 1. The zero-order valence-corrected chi connectivity index (χ0v) is 13.4. The molecule has 0 unspecified atom stereocenters. The number of ether oxygens (including phenoxy) is 2. The second kappa shape index (κ2) is 7.45. The summed E-state index contributed by atoms with van der Waals surface area (Å²) < 4.78 is 10.5. The number of aromatic nitrogens is 1. The molecule has 0 bridgehead atoms. The maximum atomic E-state index is 5.27. The van der Waals surface area contributed by atoms with Crippen molar-refractivity contribution >= 4 is 32.5 Å². The SMILES string of the molecule is COCCN(CCBr)c1nccc2cc(OC)ccc12. The molecule has 0 spiro atoms. The molecule has 0 aliphatic rings. The molecule has 0 saturated heterocycles. The van der Waals surface area contributed by atoms with E-state index in [1.165, 1.54) is 0 Å². The highest BCUT2D eigenvalue weighted by atomic mass is 79.9. The average Bonchev–Trinajstić information content (AvgIpc) is 2.50. The van der Waals surface area contributed by atoms with Crippen LogP contribution in [0.2, 0.25) is 0 Å². The second-order valence-corrected chi connectivity index (χ2v) is 5.18. The second-order valence-electron chi connectivity index (χ2n) is 4.39. The molecule has 20 heavy (non-hydrogen) atoms. The molecule has 4 nitrogen and oxygen atoms in total. The predicted octanol–water partition coefficient (Wildman–Crippen LogP) is 3.09. The van der Waals surface area contributed by atoms with Crippen molar-refractivity contribution in [2.24, 2.45) is 0 Å². The zero-order valence-electron chi connectivity index (χ0n) is 11.8. The van der Waals surface area contributed by atoms with Gasteiger partial charge >= 0.3 is 0 Å². The molecule has 2 rings (SSSR count). The van der Waals surface area contributed by atoms with Crippen LogP contribution in [0.5, 0.6) is 5.75 Å². The van der Waals surface area contributed by atoms with E-state index in [0.717, 1.165) is 40.8 Å². The fourth-order valence-corrected chi connectivity index (χ4v) is 2.57. The highest BCUT2D eigenvalue weighted by Crippen LogP contribution is 2.27. The summed E-state index contributed by atoms with van der Waals surface area (Å²) in [6.07, 6.45) is 1.84. The molecule has 1 aromatic carbocycles. The summed E-state index contributed by atoms with van der Waals surface area (Å²) in [5.41, 5.74) is 0. The van der Waals surface area contributed by atoms with Gasteiger partial charge in [0.1, 0.15) is 11.6 Å². The maximum absolute atomic E-state index is 5.27. The number of hydrogen-bond donors (Lipinski definition) is 0. The molecule has 0 N–H and O–H groups in total. The standard InChI is InChI=1S/C15H19BrN2O2/c1-19-10-9-18(8-6-16)15-14-4-3-13(20-2)11-12(14)5-7-17-15/h3-5,7,11H,6,8-10H2,1-2H3. The number of benzene rings is 1. The lowest BCUT2D eigenvalue weighted by molar-refractivity contribution is 0.205. The number of hydrogen-bond acceptors (Lipinski definition) is 4. The van der Waals surface area contributed by atoms with Crippen LogP contribution in [-0.2, 0) is 4.74 Å². The Balaban J connectivity index is 2.40. The average molecular weight is 339 g/mol. The molecule has 0 radical (unpaired) electrons. The molecular formula is C15H19BrN2O2. The quantitative estimate of drug-likeness (QED) is 0.726. The van der Waals surface area contributed by atoms with Gasteiger partial charge in [-0.2, -0.15) is 0 Å². The van der Waals surface area contributed by atoms with Crippen LogP contribution in [0.25, 0.3) is 10.8 Å². The molecule has 0 aliphatic heterocycles. The predicted molar refractivity (Wildman–Crippen MR) is 86.2 cm³/mol. The highest BCUT2D eigenvalue weighted by Gasteiger charge is 2.11. The molecule has 0 saturated carbocycles. The molecule has 2 aromatic rings. The van der Waals surface area contributed by atoms with Gasteiger partial charge in [-0.25, -0.2) is 4.98 Å². The van der Waals surface area contributed by atoms with Crippen molar-refractivity contribution in [2.45, 2.75) is 0 Å². The third-order valence-corrected chi connectivity index (χ3v) is 3.52. The van der Waals surface area contributed by atoms with Gasteiger partial charge in [-0.3, -0.25) is 0 Å². The topological polar surface area (TPSA) is 34.6 Å². The lowest BCUT2D eigenvalue weighted by atomic mass is 10.1. The van der Waals surface area contributed by atoms with Gasteiger partial charge in [0.25, 0.3) is 0 Å². The van der Waals surface area contributed by atoms with Crippen LogP contribution in [0, 0.1) is 0 Å². The van der Waals surface area contributed by atoms with Gasteiger partial charge in [0.05, 0.1) is 13.7 Å². The highest BCUT2D eigenvalue weighted by molar-refractivity contribution is 9.09. The van der Waals surface area contributed by atoms with Crippen LogP contribution in [0.3, 0.4) is 0 Å². The van der Waals surface area contributed by atoms with E-state index in [-0.39, 0.29) is 0 Å². The molecule has 0 atom stereocenters. The number of nitrogens with zero attached hydrogens (tertiary/aromatic N) is 2. The van der Waals surface area contributed by atoms with E-state index in [9.17, 15) is 0 Å². The largest absolute Gasteiger partial charge is 0.497 e. The van der Waals surface area contributed by atoms with Crippen LogP contribution in [-0.4, -0.2) is 44.2 Å². The van der Waals surface area contributed by atoms with Gasteiger partial charge in [0.2, 0.25) is 0 Å². The Bertz CT molecular complexity index is 563. The Morgan fingerprint density at radius 2 is 2.05 bits per heavy atom. The Morgan fingerprint density at radius 3 is 2.75 bits per heavy atom. The van der Waals surface area contributed by atoms with Crippen molar-refractivity contribution in [2.75, 3.05) is 44.1 Å². The lowest BCUT2D eigenvalue weighted by Crippen LogP contribution is -2.30. The zero-order chi connectivity index (χ0) is 14.4. The summed E-state index contributed by atoms with van der Waals surface area (Å²) in [6.45, 7) is 2.39. The lowest BCUT2D eigenvalue weighted by Gasteiger charge is -2.24. The molecule has 0 aliphatic carbocycles. The normalized spacial score (nSPS) is 10.8. The van der Waals surface area contributed by atoms with Gasteiger partial charge in [-0.15, -0.1) is 0 Å². The van der Waals surface area contributed by atoms with E-state index >= 15 is 0 Å². The van der Waals surface area contributed by atoms with E-state index in [1.807, 2.05) is 24.4 Å². The Kier molecular flexibility index (Phi) is 5.61. The molecule has 0 amide bonds. The summed E-state index contributed by atoms with van der Waals surface area (Å²) >= 11 is 3.50. The molecule has 108 valence electrons. The molecule has 1 aromatic heterocycles. The molecular weight excluding hydrogens is 320 g/mol. The fraction of sp³-hybridized carbons (Fsp3) is 0.400. The van der Waals surface area contributed by atoms with Crippen LogP contribution in [0.1, 0.15) is 0 Å². The minimum atomic E-state index is 0.682. The van der Waals surface area contributed by atoms with E-state index in [1.54, 1.807) is 14.2 Å². The maximum Gasteiger partial charge on any atom is 0.136 e. The minimum absolute atomic E-state index is 0.682. The van der Waals surface area contributed by atoms with Gasteiger partial charge < -0.3 is 14.4 Å². The van der Waals surface area contributed by atoms with E-state index < -0.39 is 0 Å². The summed E-state index contributed by atoms with van der Waals surface area (Å²) in [5.74, 6) is 1.85. The van der Waals surface area contributed by atoms with Crippen molar-refractivity contribution in [1.82, 2.24) is 4.98 Å². The van der Waals surface area contributed by atoms with E-state index in [2.05, 4.69) is 31.9 Å². The molecule has 0 fully saturated rings. The first-order valence-corrected chi connectivity index (χ1v) is 7.65. The fourth-order valence-electron chi connectivity index (χ4n) is 2.15. The van der Waals surface area contributed by atoms with Crippen LogP contribution >= 0.6 is 15.9 Å². The van der Waals surface area contributed by atoms with Crippen molar-refractivity contribution in [3.63, 3.8) is 0 Å². The first-order valence-electron chi connectivity index (χ1n) is 6.52. The Labute approximate surface area is 127 Å². The number of methoxy groups -OCH3 is 2. The number of anilines is 1. The summed E-state index contributed by atoms with van der Waals surface area (Å²) in [4.78, 5) is 6.77. The van der Waals surface area contributed by atoms with Gasteiger partial charge in [-0.1, -0.05) is 15.9 Å². The first kappa shape index (κ1) is 15.1. The van der Waals surface area contributed by atoms with Crippen LogP contribution in [0.4, 0.5) is 5.82 Å². The Hall–Kier alpha value is -1.33. The molecule has 5 heteroatoms. The number of pyridine rings is 1. The molecule has 1 heterocycles. The summed E-state index contributed by atoms with van der Waals surface area (Å²) in [5, 5.41) is 3.15. The smallest absolute Gasteiger partial charge is 0.136 e. The third-order valence-electron chi connectivity index (χ3n) is 3.17. The van der Waals surface area contributed by atoms with Crippen LogP contribution < -0.4 is 9.64 Å². The van der Waals surface area contributed by atoms with Gasteiger partial charge in [0.15, 0.2) is 0 Å².